The van der Waals surface area contributed by atoms with E-state index in [1.54, 1.807) is 35.1 Å². The van der Waals surface area contributed by atoms with E-state index in [1.807, 2.05) is 51.1 Å². The van der Waals surface area contributed by atoms with E-state index in [0.717, 1.165) is 22.1 Å². The second-order valence-corrected chi connectivity index (χ2v) is 11.7. The maximum Gasteiger partial charge on any atom is 0.416 e. The Morgan fingerprint density at radius 1 is 1.12 bits per heavy atom. The Bertz CT molecular complexity index is 1870. The van der Waals surface area contributed by atoms with Crippen LogP contribution < -0.4 is 14.4 Å². The van der Waals surface area contributed by atoms with Gasteiger partial charge in [0.1, 0.15) is 11.4 Å². The molecule has 11 nitrogen and oxygen atoms in total. The number of carbonyl (C=O) groups excluding carboxylic acids is 1. The van der Waals surface area contributed by atoms with Crippen molar-refractivity contribution in [3.63, 3.8) is 0 Å². The lowest BCUT2D eigenvalue weighted by Gasteiger charge is -2.28. The maximum atomic E-state index is 13.9. The van der Waals surface area contributed by atoms with Gasteiger partial charge in [-0.15, -0.1) is 0 Å². The second-order valence-electron chi connectivity index (χ2n) is 11.7. The number of fused-ring (bicyclic) bond motifs is 3. The first kappa shape index (κ1) is 28.1. The molecule has 5 aromatic rings. The Morgan fingerprint density at radius 3 is 2.65 bits per heavy atom. The molecule has 0 fully saturated rings. The first-order valence-corrected chi connectivity index (χ1v) is 14.1. The molecule has 0 spiro atoms. The summed E-state index contributed by atoms with van der Waals surface area (Å²) in [7, 11) is 0. The van der Waals surface area contributed by atoms with Crippen LogP contribution in [0.2, 0.25) is 0 Å². The van der Waals surface area contributed by atoms with Gasteiger partial charge in [0.2, 0.25) is 6.79 Å². The van der Waals surface area contributed by atoms with Gasteiger partial charge in [-0.2, -0.15) is 9.61 Å². The average Bonchev–Trinajstić information content (AvgIpc) is 3.69. The molecule has 3 aromatic heterocycles. The van der Waals surface area contributed by atoms with Gasteiger partial charge in [0, 0.05) is 35.3 Å². The standard InChI is InChI=1S/C32H33N5O6/c1-19(2)23-16-33-37-27(15-24(34-29(23)37)22-10-8-12-26-28(22)42-18-41-26)35(31(40)43-32(3,4)5)14-13-20-17-36(30(38)39)25-11-7-6-9-21(20)25/h6-12,15-17,19H,13-14,18H2,1-5H3,(H,38,39). The van der Waals surface area contributed by atoms with Gasteiger partial charge < -0.3 is 19.3 Å². The number of hydrogen-bond acceptors (Lipinski definition) is 7. The van der Waals surface area contributed by atoms with Gasteiger partial charge in [-0.25, -0.2) is 14.6 Å². The summed E-state index contributed by atoms with van der Waals surface area (Å²) in [4.78, 5) is 32.3. The SMILES string of the molecule is CC(C)c1cnn2c(N(CCc3cn(C(=O)O)c4ccccc34)C(=O)OC(C)(C)C)cc(-c3cccc4c3OCO4)nc12. The molecule has 43 heavy (non-hydrogen) atoms. The fourth-order valence-electron chi connectivity index (χ4n) is 5.29. The predicted molar refractivity (Wildman–Crippen MR) is 161 cm³/mol. The van der Waals surface area contributed by atoms with Crippen LogP contribution >= 0.6 is 0 Å². The molecule has 0 aliphatic carbocycles. The van der Waals surface area contributed by atoms with Crippen LogP contribution in [0.4, 0.5) is 15.4 Å². The highest BCUT2D eigenvalue weighted by atomic mass is 16.7. The molecule has 1 aliphatic heterocycles. The zero-order valence-electron chi connectivity index (χ0n) is 24.7. The Balaban J connectivity index is 1.50. The Labute approximate surface area is 248 Å². The van der Waals surface area contributed by atoms with Crippen LogP contribution in [0.25, 0.3) is 27.8 Å². The monoisotopic (exact) mass is 583 g/mol. The van der Waals surface area contributed by atoms with Crippen molar-refractivity contribution in [3.8, 4) is 22.8 Å². The van der Waals surface area contributed by atoms with E-state index in [0.29, 0.717) is 40.6 Å². The fraction of sp³-hybridized carbons (Fsp3) is 0.312. The van der Waals surface area contributed by atoms with Crippen molar-refractivity contribution in [2.24, 2.45) is 0 Å². The highest BCUT2D eigenvalue weighted by Crippen LogP contribution is 2.42. The number of para-hydroxylation sites is 2. The van der Waals surface area contributed by atoms with Gasteiger partial charge in [0.25, 0.3) is 0 Å². The summed E-state index contributed by atoms with van der Waals surface area (Å²) in [5, 5.41) is 15.2. The topological polar surface area (TPSA) is 120 Å². The van der Waals surface area contributed by atoms with Gasteiger partial charge in [-0.1, -0.05) is 38.1 Å². The number of benzene rings is 2. The summed E-state index contributed by atoms with van der Waals surface area (Å²) in [5.41, 5.74) is 3.44. The van der Waals surface area contributed by atoms with Gasteiger partial charge in [-0.05, 0) is 56.9 Å². The molecule has 0 saturated heterocycles. The van der Waals surface area contributed by atoms with Crippen LogP contribution in [-0.4, -0.2) is 55.4 Å². The molecule has 0 unspecified atom stereocenters. The summed E-state index contributed by atoms with van der Waals surface area (Å²) >= 11 is 0. The third-order valence-corrected chi connectivity index (χ3v) is 7.27. The summed E-state index contributed by atoms with van der Waals surface area (Å²) < 4.78 is 20.1. The van der Waals surface area contributed by atoms with Crippen LogP contribution in [0.15, 0.2) is 60.9 Å². The molecule has 0 saturated carbocycles. The summed E-state index contributed by atoms with van der Waals surface area (Å²) in [6.45, 7) is 9.85. The minimum Gasteiger partial charge on any atom is -0.464 e. The number of anilines is 1. The zero-order valence-corrected chi connectivity index (χ0v) is 24.7. The van der Waals surface area contributed by atoms with Gasteiger partial charge in [0.05, 0.1) is 17.4 Å². The van der Waals surface area contributed by atoms with Crippen molar-refractivity contribution in [3.05, 3.63) is 72.1 Å². The van der Waals surface area contributed by atoms with Crippen molar-refractivity contribution in [2.45, 2.75) is 52.6 Å². The van der Waals surface area contributed by atoms with Crippen molar-refractivity contribution in [1.29, 1.82) is 0 Å². The van der Waals surface area contributed by atoms with Crippen LogP contribution in [-0.2, 0) is 11.2 Å². The van der Waals surface area contributed by atoms with Crippen molar-refractivity contribution < 1.29 is 28.9 Å². The fourth-order valence-corrected chi connectivity index (χ4v) is 5.29. The lowest BCUT2D eigenvalue weighted by Crippen LogP contribution is -2.39. The van der Waals surface area contributed by atoms with Gasteiger partial charge >= 0.3 is 12.2 Å². The largest absolute Gasteiger partial charge is 0.464 e. The Hall–Kier alpha value is -5.06. The van der Waals surface area contributed by atoms with Gasteiger partial charge in [-0.3, -0.25) is 9.47 Å². The number of rotatable bonds is 6. The lowest BCUT2D eigenvalue weighted by atomic mass is 10.1. The molecule has 0 atom stereocenters. The maximum absolute atomic E-state index is 13.9. The number of aromatic nitrogens is 4. The third kappa shape index (κ3) is 5.22. The Kier molecular flexibility index (Phi) is 6.95. The highest BCUT2D eigenvalue weighted by molar-refractivity contribution is 5.92. The second kappa shape index (κ2) is 10.6. The van der Waals surface area contributed by atoms with Crippen LogP contribution in [0.5, 0.6) is 11.5 Å². The first-order valence-electron chi connectivity index (χ1n) is 14.1. The van der Waals surface area contributed by atoms with E-state index in [-0.39, 0.29) is 19.3 Å². The quantitative estimate of drug-likeness (QED) is 0.234. The van der Waals surface area contributed by atoms with Gasteiger partial charge in [0.15, 0.2) is 17.1 Å². The Morgan fingerprint density at radius 2 is 1.91 bits per heavy atom. The number of hydrogen-bond donors (Lipinski definition) is 1. The van der Waals surface area contributed by atoms with Crippen LogP contribution in [0, 0.1) is 0 Å². The number of ether oxygens (including phenoxy) is 3. The molecule has 1 N–H and O–H groups in total. The molecule has 1 amide bonds. The molecule has 222 valence electrons. The number of carbonyl (C=O) groups is 2. The number of nitrogens with zero attached hydrogens (tertiary/aromatic N) is 5. The summed E-state index contributed by atoms with van der Waals surface area (Å²) in [5.74, 6) is 1.78. The molecule has 0 radical (unpaired) electrons. The van der Waals surface area contributed by atoms with Crippen LogP contribution in [0.1, 0.15) is 51.7 Å². The van der Waals surface area contributed by atoms with E-state index in [1.165, 1.54) is 9.47 Å². The molecule has 2 aromatic carbocycles. The average molecular weight is 584 g/mol. The first-order chi connectivity index (χ1) is 20.5. The van der Waals surface area contributed by atoms with Crippen molar-refractivity contribution in [2.75, 3.05) is 18.2 Å². The lowest BCUT2D eigenvalue weighted by molar-refractivity contribution is 0.0579. The summed E-state index contributed by atoms with van der Waals surface area (Å²) in [6, 6.07) is 14.7. The molecule has 1 aliphatic rings. The number of amides is 1. The molecule has 0 bridgehead atoms. The predicted octanol–water partition coefficient (Wildman–Crippen LogP) is 6.71. The van der Waals surface area contributed by atoms with E-state index in [9.17, 15) is 14.7 Å². The molecule has 4 heterocycles. The van der Waals surface area contributed by atoms with E-state index >= 15 is 0 Å². The third-order valence-electron chi connectivity index (χ3n) is 7.27. The van der Waals surface area contributed by atoms with Crippen LogP contribution in [0.3, 0.4) is 0 Å². The van der Waals surface area contributed by atoms with Crippen molar-refractivity contribution in [1.82, 2.24) is 19.2 Å². The highest BCUT2D eigenvalue weighted by Gasteiger charge is 2.29. The number of carboxylic acid groups (broad SMARTS) is 1. The van der Waals surface area contributed by atoms with E-state index in [4.69, 9.17) is 19.2 Å². The smallest absolute Gasteiger partial charge is 0.416 e. The summed E-state index contributed by atoms with van der Waals surface area (Å²) in [6.07, 6.45) is 2.08. The minimum atomic E-state index is -1.08. The minimum absolute atomic E-state index is 0.110. The molecular weight excluding hydrogens is 550 g/mol. The van der Waals surface area contributed by atoms with Crippen molar-refractivity contribution >= 4 is 34.6 Å². The van der Waals surface area contributed by atoms with E-state index < -0.39 is 17.8 Å². The normalized spacial score (nSPS) is 12.8. The zero-order chi connectivity index (χ0) is 30.5. The van der Waals surface area contributed by atoms with E-state index in [2.05, 4.69) is 18.9 Å². The molecule has 6 rings (SSSR count). The molecule has 11 heteroatoms. The molecular formula is C32H33N5O6.